The number of rotatable bonds is 2. The molecular formula is C12H7BrClF3N2O. The van der Waals surface area contributed by atoms with Gasteiger partial charge in [0.25, 0.3) is 0 Å². The average Bonchev–Trinajstić information content (AvgIpc) is 2.35. The molecule has 0 saturated carbocycles. The van der Waals surface area contributed by atoms with Crippen molar-refractivity contribution in [2.75, 3.05) is 5.73 Å². The van der Waals surface area contributed by atoms with Crippen LogP contribution in [0.2, 0.25) is 5.02 Å². The van der Waals surface area contributed by atoms with Gasteiger partial charge in [-0.15, -0.1) is 0 Å². The molecule has 0 amide bonds. The predicted octanol–water partition coefficient (Wildman–Crippen LogP) is 4.89. The van der Waals surface area contributed by atoms with Gasteiger partial charge in [-0.05, 0) is 18.2 Å². The van der Waals surface area contributed by atoms with Gasteiger partial charge < -0.3 is 10.5 Å². The summed E-state index contributed by atoms with van der Waals surface area (Å²) in [6.07, 6.45) is -3.68. The minimum Gasteiger partial charge on any atom is -0.453 e. The van der Waals surface area contributed by atoms with E-state index in [1.54, 1.807) is 12.1 Å². The second-order valence-corrected chi connectivity index (χ2v) is 5.10. The number of aromatic nitrogens is 1. The second-order valence-electron chi connectivity index (χ2n) is 3.78. The number of nitrogen functional groups attached to an aromatic ring is 1. The molecule has 2 N–H and O–H groups in total. The van der Waals surface area contributed by atoms with E-state index in [4.69, 9.17) is 22.1 Å². The lowest BCUT2D eigenvalue weighted by molar-refractivity contribution is -0.141. The number of benzene rings is 1. The molecule has 20 heavy (non-hydrogen) atoms. The summed E-state index contributed by atoms with van der Waals surface area (Å²) in [6.45, 7) is 0. The van der Waals surface area contributed by atoms with Crippen LogP contribution in [0.15, 0.2) is 34.9 Å². The minimum absolute atomic E-state index is 0.0194. The Morgan fingerprint density at radius 2 is 1.90 bits per heavy atom. The summed E-state index contributed by atoms with van der Waals surface area (Å²) in [4.78, 5) is 3.22. The third kappa shape index (κ3) is 3.34. The Balaban J connectivity index is 2.40. The van der Waals surface area contributed by atoms with Gasteiger partial charge in [0.15, 0.2) is 5.75 Å². The van der Waals surface area contributed by atoms with E-state index in [1.165, 1.54) is 6.07 Å². The van der Waals surface area contributed by atoms with Gasteiger partial charge in [0.2, 0.25) is 0 Å². The summed E-state index contributed by atoms with van der Waals surface area (Å²) in [6, 6.07) is 5.47. The Morgan fingerprint density at radius 3 is 2.55 bits per heavy atom. The quantitative estimate of drug-likeness (QED) is 0.822. The molecule has 0 spiro atoms. The van der Waals surface area contributed by atoms with Crippen LogP contribution in [0.4, 0.5) is 18.9 Å². The van der Waals surface area contributed by atoms with Crippen molar-refractivity contribution >= 4 is 33.2 Å². The van der Waals surface area contributed by atoms with Gasteiger partial charge in [-0.1, -0.05) is 27.5 Å². The lowest BCUT2D eigenvalue weighted by Gasteiger charge is -2.12. The minimum atomic E-state index is -4.58. The van der Waals surface area contributed by atoms with Gasteiger partial charge in [-0.25, -0.2) is 4.98 Å². The molecular weight excluding hydrogens is 360 g/mol. The molecule has 0 bridgehead atoms. The fourth-order valence-corrected chi connectivity index (χ4v) is 1.86. The first-order valence-corrected chi connectivity index (χ1v) is 6.40. The maximum absolute atomic E-state index is 12.6. The zero-order valence-electron chi connectivity index (χ0n) is 9.71. The number of hydrogen-bond donors (Lipinski definition) is 1. The first kappa shape index (κ1) is 14.9. The standard InChI is InChI=1S/C12H7BrClF3N2O/c13-6-1-2-7(14)9(3-6)20-10-4-11(12(15,16)17)19-5-8(10)18/h1-5H,18H2. The number of nitrogens with zero attached hydrogens (tertiary/aromatic N) is 1. The average molecular weight is 368 g/mol. The van der Waals surface area contributed by atoms with Gasteiger partial charge in [-0.2, -0.15) is 13.2 Å². The molecule has 3 nitrogen and oxygen atoms in total. The van der Waals surface area contributed by atoms with Crippen molar-refractivity contribution in [3.63, 3.8) is 0 Å². The van der Waals surface area contributed by atoms with Gasteiger partial charge in [0.05, 0.1) is 16.9 Å². The first-order chi connectivity index (χ1) is 9.27. The van der Waals surface area contributed by atoms with E-state index in [0.29, 0.717) is 4.47 Å². The highest BCUT2D eigenvalue weighted by Crippen LogP contribution is 2.37. The van der Waals surface area contributed by atoms with Crippen molar-refractivity contribution in [3.05, 3.63) is 45.7 Å². The van der Waals surface area contributed by atoms with Crippen LogP contribution in [0.5, 0.6) is 11.5 Å². The van der Waals surface area contributed by atoms with Gasteiger partial charge in [0.1, 0.15) is 11.4 Å². The van der Waals surface area contributed by atoms with Crippen LogP contribution >= 0.6 is 27.5 Å². The van der Waals surface area contributed by atoms with Crippen molar-refractivity contribution in [2.24, 2.45) is 0 Å². The molecule has 2 aromatic rings. The Bertz CT molecular complexity index is 649. The fraction of sp³-hybridized carbons (Fsp3) is 0.0833. The maximum Gasteiger partial charge on any atom is 0.433 e. The topological polar surface area (TPSA) is 48.1 Å². The molecule has 8 heteroatoms. The lowest BCUT2D eigenvalue weighted by atomic mass is 10.3. The SMILES string of the molecule is Nc1cnc(C(F)(F)F)cc1Oc1cc(Br)ccc1Cl. The van der Waals surface area contributed by atoms with Gasteiger partial charge >= 0.3 is 6.18 Å². The van der Waals surface area contributed by atoms with E-state index >= 15 is 0 Å². The molecule has 0 saturated heterocycles. The number of anilines is 1. The van der Waals surface area contributed by atoms with Crippen LogP contribution in [0.1, 0.15) is 5.69 Å². The molecule has 1 heterocycles. The van der Waals surface area contributed by atoms with Crippen molar-refractivity contribution in [1.29, 1.82) is 0 Å². The van der Waals surface area contributed by atoms with Crippen LogP contribution in [0.3, 0.4) is 0 Å². The number of alkyl halides is 3. The summed E-state index contributed by atoms with van der Waals surface area (Å²) < 4.78 is 43.8. The normalized spacial score (nSPS) is 11.4. The number of halogens is 5. The Hall–Kier alpha value is -1.47. The Kier molecular flexibility index (Phi) is 4.10. The molecule has 0 atom stereocenters. The summed E-state index contributed by atoms with van der Waals surface area (Å²) in [5, 5.41) is 0.248. The molecule has 1 aromatic carbocycles. The van der Waals surface area contributed by atoms with Gasteiger partial charge in [0, 0.05) is 10.5 Å². The van der Waals surface area contributed by atoms with Crippen molar-refractivity contribution in [1.82, 2.24) is 4.98 Å². The maximum atomic E-state index is 12.6. The number of pyridine rings is 1. The first-order valence-electron chi connectivity index (χ1n) is 5.23. The molecule has 0 aliphatic rings. The van der Waals surface area contributed by atoms with Crippen LogP contribution in [0.25, 0.3) is 0 Å². The van der Waals surface area contributed by atoms with E-state index in [0.717, 1.165) is 12.3 Å². The van der Waals surface area contributed by atoms with Crippen molar-refractivity contribution in [2.45, 2.75) is 6.18 Å². The highest BCUT2D eigenvalue weighted by atomic mass is 79.9. The van der Waals surface area contributed by atoms with Crippen LogP contribution < -0.4 is 10.5 Å². The third-order valence-electron chi connectivity index (χ3n) is 2.30. The predicted molar refractivity (Wildman–Crippen MR) is 72.9 cm³/mol. The van der Waals surface area contributed by atoms with Crippen LogP contribution in [-0.2, 0) is 6.18 Å². The molecule has 0 radical (unpaired) electrons. The molecule has 106 valence electrons. The summed E-state index contributed by atoms with van der Waals surface area (Å²) >= 11 is 9.12. The molecule has 0 aliphatic carbocycles. The third-order valence-corrected chi connectivity index (χ3v) is 3.10. The molecule has 2 rings (SSSR count). The van der Waals surface area contributed by atoms with Crippen LogP contribution in [-0.4, -0.2) is 4.98 Å². The largest absolute Gasteiger partial charge is 0.453 e. The zero-order valence-corrected chi connectivity index (χ0v) is 12.1. The molecule has 0 fully saturated rings. The Labute approximate surface area is 125 Å². The fourth-order valence-electron chi connectivity index (χ4n) is 1.36. The zero-order chi connectivity index (χ0) is 14.9. The summed E-state index contributed by atoms with van der Waals surface area (Å²) in [7, 11) is 0. The molecule has 0 unspecified atom stereocenters. The highest BCUT2D eigenvalue weighted by molar-refractivity contribution is 9.10. The van der Waals surface area contributed by atoms with Gasteiger partial charge in [-0.3, -0.25) is 0 Å². The lowest BCUT2D eigenvalue weighted by Crippen LogP contribution is -2.08. The van der Waals surface area contributed by atoms with Crippen LogP contribution in [0, 0.1) is 0 Å². The van der Waals surface area contributed by atoms with E-state index in [1.807, 2.05) is 0 Å². The van der Waals surface area contributed by atoms with E-state index in [-0.39, 0.29) is 22.2 Å². The van der Waals surface area contributed by atoms with Crippen molar-refractivity contribution in [3.8, 4) is 11.5 Å². The smallest absolute Gasteiger partial charge is 0.433 e. The monoisotopic (exact) mass is 366 g/mol. The molecule has 1 aromatic heterocycles. The second kappa shape index (κ2) is 5.49. The highest BCUT2D eigenvalue weighted by Gasteiger charge is 2.33. The summed E-state index contributed by atoms with van der Waals surface area (Å²) in [5.74, 6) is 0.0272. The van der Waals surface area contributed by atoms with Crippen molar-refractivity contribution < 1.29 is 17.9 Å². The van der Waals surface area contributed by atoms with E-state index < -0.39 is 11.9 Å². The number of hydrogen-bond acceptors (Lipinski definition) is 3. The summed E-state index contributed by atoms with van der Waals surface area (Å²) in [5.41, 5.74) is 4.45. The Morgan fingerprint density at radius 1 is 1.20 bits per heavy atom. The number of nitrogens with two attached hydrogens (primary N) is 1. The van der Waals surface area contributed by atoms with E-state index in [2.05, 4.69) is 20.9 Å². The molecule has 0 aliphatic heterocycles. The van der Waals surface area contributed by atoms with E-state index in [9.17, 15) is 13.2 Å². The number of ether oxygens (including phenoxy) is 1.